The van der Waals surface area contributed by atoms with Gasteiger partial charge in [-0.1, -0.05) is 60.7 Å². The number of ether oxygens (including phenoxy) is 18. The average Bonchev–Trinajstić information content (AvgIpc) is 4.47. The van der Waals surface area contributed by atoms with Gasteiger partial charge in [0.05, 0.1) is 112 Å². The van der Waals surface area contributed by atoms with E-state index in [9.17, 15) is 5.11 Å². The molecule has 0 aliphatic carbocycles. The minimum Gasteiger partial charge on any atom is -0.491 e. The molecule has 19 heteroatoms. The molecular formula is C64H78O19. The van der Waals surface area contributed by atoms with Crippen LogP contribution in [-0.2, 0) is 68.0 Å². The van der Waals surface area contributed by atoms with E-state index in [1.165, 1.54) is 27.8 Å². The van der Waals surface area contributed by atoms with Crippen LogP contribution < -0.4 is 23.7 Å². The smallest absolute Gasteiger partial charge is 0.119 e. The summed E-state index contributed by atoms with van der Waals surface area (Å²) in [6.45, 7) is 14.9. The fourth-order valence-electron chi connectivity index (χ4n) is 8.18. The number of epoxide rings is 9. The maximum Gasteiger partial charge on any atom is 0.119 e. The Balaban J connectivity index is 0.000000126. The van der Waals surface area contributed by atoms with E-state index in [4.69, 9.17) is 85.3 Å². The van der Waals surface area contributed by atoms with E-state index in [-0.39, 0.29) is 36.4 Å². The molecule has 83 heavy (non-hydrogen) atoms. The van der Waals surface area contributed by atoms with Crippen LogP contribution in [0, 0.1) is 0 Å². The average molecular weight is 1150 g/mol. The molecule has 0 amide bonds. The van der Waals surface area contributed by atoms with Crippen LogP contribution in [-0.4, -0.2) is 211 Å². The van der Waals surface area contributed by atoms with Crippen LogP contribution in [0.4, 0.5) is 0 Å². The highest BCUT2D eigenvalue weighted by Crippen LogP contribution is 2.35. The van der Waals surface area contributed by atoms with Crippen LogP contribution in [0.25, 0.3) is 0 Å². The van der Waals surface area contributed by atoms with Crippen LogP contribution in [0.3, 0.4) is 0 Å². The summed E-state index contributed by atoms with van der Waals surface area (Å²) in [5, 5.41) is 9.38. The molecule has 0 bridgehead atoms. The standard InChI is InChI=1S/C28H28O6.C19H20O4.C9H16O5.C8H14O4/c1-7-22(29-13-25-16-32-25)8-2-19(1)28(20-3-9-23(10-4-20)30-14-26-17-33-26)21-5-11-24(12-6-21)31-15-27-18-34-27;1-5-16(20-10-18-12-22-18)6-2-14(1)9-15-3-7-17(8-4-15)21-11-19-13-23-19;10-7(1-11-3-8-5-13-8)2-12-4-9-6-14-9;1(9-3-7-5-11-7)2-10-4-8-6-12-8/h1-12,25-28H,13-18H2;1-8,18-19H,9-13H2;7-10H,1-6H2;7-8H,1-6H2. The second kappa shape index (κ2) is 31.1. The summed E-state index contributed by atoms with van der Waals surface area (Å²) in [5.41, 5.74) is 6.10. The van der Waals surface area contributed by atoms with Gasteiger partial charge in [0, 0.05) is 5.92 Å². The Kier molecular flexibility index (Phi) is 22.2. The Morgan fingerprint density at radius 2 is 0.518 bits per heavy atom. The fraction of sp³-hybridized carbons (Fsp3) is 0.531. The van der Waals surface area contributed by atoms with Crippen molar-refractivity contribution in [3.05, 3.63) is 149 Å². The Morgan fingerprint density at radius 1 is 0.301 bits per heavy atom. The van der Waals surface area contributed by atoms with Crippen molar-refractivity contribution in [2.24, 2.45) is 0 Å². The van der Waals surface area contributed by atoms with Gasteiger partial charge >= 0.3 is 0 Å². The van der Waals surface area contributed by atoms with Gasteiger partial charge in [0.15, 0.2) is 0 Å². The first kappa shape index (κ1) is 59.3. The van der Waals surface area contributed by atoms with Crippen molar-refractivity contribution in [3.8, 4) is 28.7 Å². The number of rotatable bonds is 35. The maximum absolute atomic E-state index is 9.38. The van der Waals surface area contributed by atoms with Crippen molar-refractivity contribution in [2.45, 2.75) is 73.4 Å². The zero-order valence-corrected chi connectivity index (χ0v) is 47.0. The number of hydrogen-bond acceptors (Lipinski definition) is 19. The fourth-order valence-corrected chi connectivity index (χ4v) is 8.18. The third-order valence-corrected chi connectivity index (χ3v) is 13.9. The highest BCUT2D eigenvalue weighted by atomic mass is 16.6. The minimum atomic E-state index is -0.549. The molecule has 9 unspecified atom stereocenters. The van der Waals surface area contributed by atoms with Crippen molar-refractivity contribution in [2.75, 3.05) is 145 Å². The summed E-state index contributed by atoms with van der Waals surface area (Å²) >= 11 is 0. The first-order valence-electron chi connectivity index (χ1n) is 29.1. The molecule has 0 aromatic heterocycles. The van der Waals surface area contributed by atoms with Gasteiger partial charge in [-0.25, -0.2) is 0 Å². The Morgan fingerprint density at radius 3 is 0.759 bits per heavy atom. The number of benzene rings is 5. The lowest BCUT2D eigenvalue weighted by molar-refractivity contribution is -0.0239. The van der Waals surface area contributed by atoms with E-state index in [1.54, 1.807) is 0 Å². The third-order valence-electron chi connectivity index (χ3n) is 13.9. The van der Waals surface area contributed by atoms with Gasteiger partial charge in [-0.15, -0.1) is 0 Å². The molecular weight excluding hydrogens is 1070 g/mol. The molecule has 9 saturated heterocycles. The predicted molar refractivity (Wildman–Crippen MR) is 300 cm³/mol. The van der Waals surface area contributed by atoms with E-state index in [0.29, 0.717) is 110 Å². The summed E-state index contributed by atoms with van der Waals surface area (Å²) in [5.74, 6) is 4.44. The van der Waals surface area contributed by atoms with Crippen LogP contribution >= 0.6 is 0 Å². The van der Waals surface area contributed by atoms with Crippen LogP contribution in [0.15, 0.2) is 121 Å². The van der Waals surface area contributed by atoms with E-state index in [2.05, 4.69) is 60.7 Å². The van der Waals surface area contributed by atoms with Gasteiger partial charge in [-0.05, 0) is 94.9 Å². The van der Waals surface area contributed by atoms with Crippen LogP contribution in [0.1, 0.15) is 33.7 Å². The van der Waals surface area contributed by atoms with Crippen molar-refractivity contribution in [3.63, 3.8) is 0 Å². The van der Waals surface area contributed by atoms with Gasteiger partial charge < -0.3 is 90.4 Å². The maximum atomic E-state index is 9.38. The summed E-state index contributed by atoms with van der Waals surface area (Å²) in [6, 6.07) is 41.5. The monoisotopic (exact) mass is 1150 g/mol. The second-order valence-corrected chi connectivity index (χ2v) is 21.6. The summed E-state index contributed by atoms with van der Waals surface area (Å²) in [4.78, 5) is 0. The highest BCUT2D eigenvalue weighted by molar-refractivity contribution is 5.47. The van der Waals surface area contributed by atoms with Crippen molar-refractivity contribution >= 4 is 0 Å². The lowest BCUT2D eigenvalue weighted by Gasteiger charge is -2.20. The number of aliphatic hydroxyl groups is 1. The largest absolute Gasteiger partial charge is 0.491 e. The van der Waals surface area contributed by atoms with E-state index < -0.39 is 6.10 Å². The predicted octanol–water partition coefficient (Wildman–Crippen LogP) is 6.03. The molecule has 9 aliphatic heterocycles. The first-order valence-corrected chi connectivity index (χ1v) is 29.1. The Hall–Kier alpha value is -5.46. The molecule has 448 valence electrons. The molecule has 1 N–H and O–H groups in total. The molecule has 9 aliphatic rings. The zero-order chi connectivity index (χ0) is 56.3. The topological polar surface area (TPSA) is 216 Å². The van der Waals surface area contributed by atoms with Gasteiger partial charge in [-0.3, -0.25) is 0 Å². The lowest BCUT2D eigenvalue weighted by atomic mass is 9.85. The normalized spacial score (nSPS) is 25.4. The molecule has 9 atom stereocenters. The summed E-state index contributed by atoms with van der Waals surface area (Å²) in [7, 11) is 0. The SMILES string of the molecule is C(COCC1CO1)OCC1CO1.OC(COCC1CO1)COCC1CO1.c1cc(C(c2ccc(OCC3CO3)cc2)c2ccc(OCC3CO3)cc2)ccc1OCC1CO1.c1cc(OCC2CO2)ccc1Cc1ccc(OCC2CO2)cc1. The quantitative estimate of drug-likeness (QED) is 0.0278. The first-order chi connectivity index (χ1) is 40.9. The van der Waals surface area contributed by atoms with Crippen molar-refractivity contribution < 1.29 is 90.4 Å². The van der Waals surface area contributed by atoms with Crippen molar-refractivity contribution in [1.29, 1.82) is 0 Å². The van der Waals surface area contributed by atoms with Crippen LogP contribution in [0.2, 0.25) is 0 Å². The van der Waals surface area contributed by atoms with Crippen molar-refractivity contribution in [1.82, 2.24) is 0 Å². The Bertz CT molecular complexity index is 2370. The second-order valence-electron chi connectivity index (χ2n) is 21.6. The third kappa shape index (κ3) is 23.8. The zero-order valence-electron chi connectivity index (χ0n) is 47.0. The molecule has 5 aromatic carbocycles. The van der Waals surface area contributed by atoms with E-state index in [1.807, 2.05) is 60.7 Å². The molecule has 5 aromatic rings. The molecule has 0 spiro atoms. The molecule has 9 heterocycles. The molecule has 9 fully saturated rings. The lowest BCUT2D eigenvalue weighted by Crippen LogP contribution is -2.23. The minimum absolute atomic E-state index is 0.0717. The van der Waals surface area contributed by atoms with E-state index in [0.717, 1.165) is 94.6 Å². The Labute approximate surface area is 485 Å². The summed E-state index contributed by atoms with van der Waals surface area (Å²) in [6.07, 6.45) is 2.89. The highest BCUT2D eigenvalue weighted by Gasteiger charge is 2.29. The number of aliphatic hydroxyl groups excluding tert-OH is 1. The molecule has 19 nitrogen and oxygen atoms in total. The van der Waals surface area contributed by atoms with Crippen LogP contribution in [0.5, 0.6) is 28.7 Å². The number of hydrogen-bond donors (Lipinski definition) is 1. The van der Waals surface area contributed by atoms with E-state index >= 15 is 0 Å². The summed E-state index contributed by atoms with van der Waals surface area (Å²) < 4.78 is 95.6. The molecule has 14 rings (SSSR count). The molecule has 0 radical (unpaired) electrons. The van der Waals surface area contributed by atoms with Gasteiger partial charge in [0.25, 0.3) is 0 Å². The van der Waals surface area contributed by atoms with Gasteiger partial charge in [0.2, 0.25) is 0 Å². The van der Waals surface area contributed by atoms with Gasteiger partial charge in [-0.2, -0.15) is 0 Å². The molecule has 0 saturated carbocycles. The van der Waals surface area contributed by atoms with Gasteiger partial charge in [0.1, 0.15) is 123 Å².